The Morgan fingerprint density at radius 1 is 1.72 bits per heavy atom. The molecule has 0 radical (unpaired) electrons. The van der Waals surface area contributed by atoms with Crippen LogP contribution in [0.1, 0.15) is 18.5 Å². The molecule has 100 valence electrons. The highest BCUT2D eigenvalue weighted by molar-refractivity contribution is 5.90. The molecule has 6 nitrogen and oxygen atoms in total. The monoisotopic (exact) mass is 252 g/mol. The van der Waals surface area contributed by atoms with E-state index in [0.29, 0.717) is 30.9 Å². The van der Waals surface area contributed by atoms with Crippen molar-refractivity contribution in [3.8, 4) is 0 Å². The second kappa shape index (κ2) is 5.49. The number of likely N-dealkylation sites (N-methyl/N-ethyl adjacent to an activating group) is 1. The van der Waals surface area contributed by atoms with Gasteiger partial charge in [0.15, 0.2) is 0 Å². The van der Waals surface area contributed by atoms with Gasteiger partial charge in [0.2, 0.25) is 11.8 Å². The third-order valence-corrected chi connectivity index (χ3v) is 3.26. The van der Waals surface area contributed by atoms with Crippen LogP contribution >= 0.6 is 0 Å². The van der Waals surface area contributed by atoms with Crippen LogP contribution in [0.2, 0.25) is 0 Å². The first kappa shape index (κ1) is 13.0. The molecule has 1 atom stereocenters. The SMILES string of the molecule is Cc1cc(NC(=O)CN(C)C(CN)C2CC2)on1. The Hall–Kier alpha value is -1.40. The van der Waals surface area contributed by atoms with Gasteiger partial charge in [0.25, 0.3) is 0 Å². The van der Waals surface area contributed by atoms with E-state index in [1.165, 1.54) is 12.8 Å². The summed E-state index contributed by atoms with van der Waals surface area (Å²) in [5.41, 5.74) is 6.49. The molecule has 1 aromatic rings. The van der Waals surface area contributed by atoms with E-state index in [1.54, 1.807) is 6.07 Å². The lowest BCUT2D eigenvalue weighted by molar-refractivity contribution is -0.117. The molecule has 1 fully saturated rings. The number of carbonyl (C=O) groups is 1. The van der Waals surface area contributed by atoms with Crippen molar-refractivity contribution in [2.45, 2.75) is 25.8 Å². The number of hydrogen-bond acceptors (Lipinski definition) is 5. The Balaban J connectivity index is 1.82. The largest absolute Gasteiger partial charge is 0.338 e. The molecule has 0 spiro atoms. The molecule has 1 heterocycles. The lowest BCUT2D eigenvalue weighted by atomic mass is 10.1. The molecule has 1 aliphatic carbocycles. The molecule has 0 bridgehead atoms. The smallest absolute Gasteiger partial charge is 0.240 e. The predicted molar refractivity (Wildman–Crippen MR) is 68.1 cm³/mol. The van der Waals surface area contributed by atoms with Crippen molar-refractivity contribution in [1.29, 1.82) is 0 Å². The average molecular weight is 252 g/mol. The molecule has 1 aliphatic rings. The van der Waals surface area contributed by atoms with Gasteiger partial charge in [-0.2, -0.15) is 0 Å². The topological polar surface area (TPSA) is 84.4 Å². The Kier molecular flexibility index (Phi) is 3.98. The molecule has 0 aromatic carbocycles. The lowest BCUT2D eigenvalue weighted by Crippen LogP contribution is -2.43. The van der Waals surface area contributed by atoms with E-state index >= 15 is 0 Å². The Bertz CT molecular complexity index is 414. The second-order valence-corrected chi connectivity index (χ2v) is 4.94. The van der Waals surface area contributed by atoms with Crippen molar-refractivity contribution in [3.05, 3.63) is 11.8 Å². The molecule has 6 heteroatoms. The van der Waals surface area contributed by atoms with Crippen molar-refractivity contribution < 1.29 is 9.32 Å². The third-order valence-electron chi connectivity index (χ3n) is 3.26. The van der Waals surface area contributed by atoms with Crippen LogP contribution in [0.5, 0.6) is 0 Å². The van der Waals surface area contributed by atoms with Gasteiger partial charge in [-0.3, -0.25) is 15.0 Å². The Morgan fingerprint density at radius 3 is 2.94 bits per heavy atom. The average Bonchev–Trinajstić information content (AvgIpc) is 3.04. The number of amides is 1. The normalized spacial score (nSPS) is 16.9. The third kappa shape index (κ3) is 3.30. The first-order valence-electron chi connectivity index (χ1n) is 6.23. The van der Waals surface area contributed by atoms with Gasteiger partial charge in [-0.1, -0.05) is 5.16 Å². The van der Waals surface area contributed by atoms with Crippen molar-refractivity contribution in [2.75, 3.05) is 25.5 Å². The van der Waals surface area contributed by atoms with Crippen molar-refractivity contribution in [2.24, 2.45) is 11.7 Å². The highest BCUT2D eigenvalue weighted by atomic mass is 16.5. The number of nitrogens with two attached hydrogens (primary N) is 1. The van der Waals surface area contributed by atoms with Crippen LogP contribution in [0.25, 0.3) is 0 Å². The summed E-state index contributed by atoms with van der Waals surface area (Å²) >= 11 is 0. The fourth-order valence-corrected chi connectivity index (χ4v) is 2.16. The first-order valence-corrected chi connectivity index (χ1v) is 6.23. The Labute approximate surface area is 106 Å². The maximum absolute atomic E-state index is 11.8. The van der Waals surface area contributed by atoms with Crippen molar-refractivity contribution >= 4 is 11.8 Å². The zero-order valence-electron chi connectivity index (χ0n) is 10.8. The maximum Gasteiger partial charge on any atom is 0.240 e. The molecular weight excluding hydrogens is 232 g/mol. The standard InChI is InChI=1S/C12H20N4O2/c1-8-5-12(18-15-8)14-11(17)7-16(2)10(6-13)9-3-4-9/h5,9-10H,3-4,6-7,13H2,1-2H3,(H,14,17). The molecule has 1 aromatic heterocycles. The fraction of sp³-hybridized carbons (Fsp3) is 0.667. The summed E-state index contributed by atoms with van der Waals surface area (Å²) in [4.78, 5) is 13.8. The summed E-state index contributed by atoms with van der Waals surface area (Å²) in [6.45, 7) is 2.72. The number of anilines is 1. The summed E-state index contributed by atoms with van der Waals surface area (Å²) in [5, 5.41) is 6.40. The number of hydrogen-bond donors (Lipinski definition) is 2. The summed E-state index contributed by atoms with van der Waals surface area (Å²) < 4.78 is 4.94. The van der Waals surface area contributed by atoms with Crippen molar-refractivity contribution in [1.82, 2.24) is 10.1 Å². The molecule has 18 heavy (non-hydrogen) atoms. The van der Waals surface area contributed by atoms with Gasteiger partial charge in [0, 0.05) is 18.7 Å². The number of aromatic nitrogens is 1. The number of nitrogens with zero attached hydrogens (tertiary/aromatic N) is 2. The van der Waals surface area contributed by atoms with E-state index in [1.807, 2.05) is 18.9 Å². The summed E-state index contributed by atoms with van der Waals surface area (Å²) in [7, 11) is 1.93. The second-order valence-electron chi connectivity index (χ2n) is 4.94. The van der Waals surface area contributed by atoms with E-state index in [2.05, 4.69) is 10.5 Å². The van der Waals surface area contributed by atoms with E-state index in [4.69, 9.17) is 10.3 Å². The van der Waals surface area contributed by atoms with Crippen LogP contribution in [0.15, 0.2) is 10.6 Å². The minimum absolute atomic E-state index is 0.104. The van der Waals surface area contributed by atoms with Gasteiger partial charge in [0.05, 0.1) is 12.2 Å². The van der Waals surface area contributed by atoms with Gasteiger partial charge in [0.1, 0.15) is 0 Å². The van der Waals surface area contributed by atoms with E-state index in [0.717, 1.165) is 5.69 Å². The lowest BCUT2D eigenvalue weighted by Gasteiger charge is -2.25. The van der Waals surface area contributed by atoms with E-state index in [-0.39, 0.29) is 5.91 Å². The maximum atomic E-state index is 11.8. The van der Waals surface area contributed by atoms with Crippen LogP contribution in [0, 0.1) is 12.8 Å². The number of nitrogens with one attached hydrogen (secondary N) is 1. The highest BCUT2D eigenvalue weighted by Crippen LogP contribution is 2.34. The van der Waals surface area contributed by atoms with Gasteiger partial charge < -0.3 is 10.3 Å². The van der Waals surface area contributed by atoms with Gasteiger partial charge in [-0.15, -0.1) is 0 Å². The van der Waals surface area contributed by atoms with Crippen molar-refractivity contribution in [3.63, 3.8) is 0 Å². The quantitative estimate of drug-likeness (QED) is 0.774. The summed E-state index contributed by atoms with van der Waals surface area (Å²) in [6.07, 6.45) is 2.43. The van der Waals surface area contributed by atoms with Crippen LogP contribution in [0.3, 0.4) is 0 Å². The molecule has 0 aliphatic heterocycles. The zero-order valence-corrected chi connectivity index (χ0v) is 10.8. The molecule has 0 saturated heterocycles. The fourth-order valence-electron chi connectivity index (χ4n) is 2.16. The molecule has 1 unspecified atom stereocenters. The summed E-state index contributed by atoms with van der Waals surface area (Å²) in [6, 6.07) is 1.99. The predicted octanol–water partition coefficient (Wildman–Crippen LogP) is 0.591. The van der Waals surface area contributed by atoms with Gasteiger partial charge in [-0.05, 0) is 32.7 Å². The first-order chi connectivity index (χ1) is 8.60. The minimum Gasteiger partial charge on any atom is -0.338 e. The Morgan fingerprint density at radius 2 is 2.44 bits per heavy atom. The van der Waals surface area contributed by atoms with E-state index < -0.39 is 0 Å². The van der Waals surface area contributed by atoms with Crippen LogP contribution in [0.4, 0.5) is 5.88 Å². The van der Waals surface area contributed by atoms with Crippen LogP contribution in [-0.2, 0) is 4.79 Å². The van der Waals surface area contributed by atoms with Gasteiger partial charge in [-0.25, -0.2) is 0 Å². The highest BCUT2D eigenvalue weighted by Gasteiger charge is 2.33. The zero-order chi connectivity index (χ0) is 13.1. The van der Waals surface area contributed by atoms with Crippen LogP contribution in [-0.4, -0.2) is 42.1 Å². The molecule has 1 amide bonds. The van der Waals surface area contributed by atoms with E-state index in [9.17, 15) is 4.79 Å². The molecule has 1 saturated carbocycles. The molecular formula is C12H20N4O2. The number of aryl methyl sites for hydroxylation is 1. The summed E-state index contributed by atoms with van der Waals surface area (Å²) in [5.74, 6) is 0.940. The molecule has 2 rings (SSSR count). The van der Waals surface area contributed by atoms with Gasteiger partial charge >= 0.3 is 0 Å². The number of carbonyl (C=O) groups excluding carboxylic acids is 1. The molecule has 3 N–H and O–H groups in total. The minimum atomic E-state index is -0.104. The van der Waals surface area contributed by atoms with Crippen LogP contribution < -0.4 is 11.1 Å². The number of rotatable bonds is 6.